The average Bonchev–Trinajstić information content (AvgIpc) is 3.27. The molecular formula is C20H20N2O3S2. The molecule has 2 amide bonds. The van der Waals surface area contributed by atoms with Gasteiger partial charge in [-0.15, -0.1) is 0 Å². The van der Waals surface area contributed by atoms with Crippen LogP contribution in [0.2, 0.25) is 0 Å². The first-order valence-corrected chi connectivity index (χ1v) is 9.91. The molecule has 0 radical (unpaired) electrons. The Morgan fingerprint density at radius 1 is 1.26 bits per heavy atom. The lowest BCUT2D eigenvalue weighted by atomic mass is 10.2. The van der Waals surface area contributed by atoms with Gasteiger partial charge in [0, 0.05) is 32.1 Å². The number of thioether (sulfide) groups is 1. The Bertz CT molecular complexity index is 847. The fourth-order valence-electron chi connectivity index (χ4n) is 2.74. The van der Waals surface area contributed by atoms with E-state index in [-0.39, 0.29) is 24.8 Å². The summed E-state index contributed by atoms with van der Waals surface area (Å²) >= 11 is 6.55. The number of nitrogens with zero attached hydrogens (tertiary/aromatic N) is 2. The van der Waals surface area contributed by atoms with Crippen LogP contribution in [0.25, 0.3) is 6.08 Å². The number of furan rings is 1. The van der Waals surface area contributed by atoms with Crippen molar-refractivity contribution in [2.24, 2.45) is 0 Å². The summed E-state index contributed by atoms with van der Waals surface area (Å²) in [5.41, 5.74) is 1.08. The molecule has 0 N–H and O–H groups in total. The van der Waals surface area contributed by atoms with Gasteiger partial charge in [0.25, 0.3) is 5.91 Å². The highest BCUT2D eigenvalue weighted by Crippen LogP contribution is 2.32. The van der Waals surface area contributed by atoms with Crippen molar-refractivity contribution in [3.63, 3.8) is 0 Å². The van der Waals surface area contributed by atoms with Crippen LogP contribution in [0.4, 0.5) is 0 Å². The molecule has 0 spiro atoms. The molecule has 5 nitrogen and oxygen atoms in total. The highest BCUT2D eigenvalue weighted by molar-refractivity contribution is 8.26. The smallest absolute Gasteiger partial charge is 0.266 e. The second-order valence-electron chi connectivity index (χ2n) is 5.99. The van der Waals surface area contributed by atoms with Gasteiger partial charge >= 0.3 is 0 Å². The van der Waals surface area contributed by atoms with E-state index in [9.17, 15) is 9.59 Å². The lowest BCUT2D eigenvalue weighted by molar-refractivity contribution is -0.132. The maximum atomic E-state index is 12.6. The predicted molar refractivity (Wildman–Crippen MR) is 111 cm³/mol. The van der Waals surface area contributed by atoms with E-state index in [0.29, 0.717) is 28.1 Å². The Hall–Kier alpha value is -2.38. The van der Waals surface area contributed by atoms with Crippen LogP contribution in [0.3, 0.4) is 0 Å². The lowest BCUT2D eigenvalue weighted by Gasteiger charge is -2.22. The van der Waals surface area contributed by atoms with Crippen molar-refractivity contribution in [3.8, 4) is 0 Å². The van der Waals surface area contributed by atoms with Crippen LogP contribution in [0, 0.1) is 0 Å². The van der Waals surface area contributed by atoms with Crippen LogP contribution in [0.5, 0.6) is 0 Å². The maximum absolute atomic E-state index is 12.6. The van der Waals surface area contributed by atoms with Gasteiger partial charge in [-0.3, -0.25) is 14.5 Å². The fraction of sp³-hybridized carbons (Fsp3) is 0.250. The first-order chi connectivity index (χ1) is 13.1. The molecule has 3 rings (SSSR count). The van der Waals surface area contributed by atoms with E-state index in [1.54, 1.807) is 29.4 Å². The number of rotatable bonds is 7. The zero-order valence-corrected chi connectivity index (χ0v) is 16.6. The topological polar surface area (TPSA) is 53.8 Å². The van der Waals surface area contributed by atoms with Crippen LogP contribution >= 0.6 is 24.0 Å². The first-order valence-electron chi connectivity index (χ1n) is 8.69. The molecule has 1 aliphatic rings. The summed E-state index contributed by atoms with van der Waals surface area (Å²) < 4.78 is 5.72. The van der Waals surface area contributed by atoms with E-state index in [2.05, 4.69) is 0 Å². The summed E-state index contributed by atoms with van der Waals surface area (Å²) in [5.74, 6) is 0.428. The van der Waals surface area contributed by atoms with E-state index < -0.39 is 0 Å². The minimum atomic E-state index is -0.180. The van der Waals surface area contributed by atoms with E-state index in [4.69, 9.17) is 16.6 Å². The average molecular weight is 401 g/mol. The largest absolute Gasteiger partial charge is 0.465 e. The van der Waals surface area contributed by atoms with Crippen LogP contribution in [0.1, 0.15) is 24.7 Å². The van der Waals surface area contributed by atoms with Gasteiger partial charge in [-0.25, -0.2) is 0 Å². The minimum Gasteiger partial charge on any atom is -0.465 e. The standard InChI is InChI=1S/C20H20N2O3S2/c1-2-21(14-15-7-4-3-5-8-15)18(23)10-11-22-19(24)17(27-20(22)26)13-16-9-6-12-25-16/h3-9,12-13H,2,10-11,14H2,1H3/b17-13+. The fourth-order valence-corrected chi connectivity index (χ4v) is 4.03. The van der Waals surface area contributed by atoms with Crippen molar-refractivity contribution >= 4 is 46.2 Å². The molecular weight excluding hydrogens is 380 g/mol. The molecule has 1 aromatic heterocycles. The summed E-state index contributed by atoms with van der Waals surface area (Å²) in [6, 6.07) is 13.4. The highest BCUT2D eigenvalue weighted by Gasteiger charge is 2.32. The van der Waals surface area contributed by atoms with E-state index in [0.717, 1.165) is 5.56 Å². The van der Waals surface area contributed by atoms with Crippen LogP contribution in [-0.2, 0) is 16.1 Å². The Morgan fingerprint density at radius 3 is 2.70 bits per heavy atom. The molecule has 1 saturated heterocycles. The predicted octanol–water partition coefficient (Wildman–Crippen LogP) is 3.92. The highest BCUT2D eigenvalue weighted by atomic mass is 32.2. The van der Waals surface area contributed by atoms with E-state index in [1.807, 2.05) is 37.3 Å². The molecule has 7 heteroatoms. The molecule has 0 unspecified atom stereocenters. The van der Waals surface area contributed by atoms with Gasteiger partial charge in [0.15, 0.2) is 0 Å². The van der Waals surface area contributed by atoms with Gasteiger partial charge in [-0.05, 0) is 24.6 Å². The van der Waals surface area contributed by atoms with E-state index >= 15 is 0 Å². The van der Waals surface area contributed by atoms with Crippen LogP contribution < -0.4 is 0 Å². The molecule has 140 valence electrons. The molecule has 2 aromatic rings. The van der Waals surface area contributed by atoms with Gasteiger partial charge in [-0.1, -0.05) is 54.3 Å². The van der Waals surface area contributed by atoms with Gasteiger partial charge in [-0.2, -0.15) is 0 Å². The summed E-state index contributed by atoms with van der Waals surface area (Å²) in [6.07, 6.45) is 3.47. The number of hydrogen-bond acceptors (Lipinski definition) is 5. The molecule has 27 heavy (non-hydrogen) atoms. The molecule has 2 heterocycles. The minimum absolute atomic E-state index is 0.00502. The lowest BCUT2D eigenvalue weighted by Crippen LogP contribution is -2.35. The third-order valence-electron chi connectivity index (χ3n) is 4.19. The SMILES string of the molecule is CCN(Cc1ccccc1)C(=O)CCN1C(=O)/C(=C\c2ccco2)SC1=S. The Balaban J connectivity index is 1.59. The van der Waals surface area contributed by atoms with E-state index in [1.165, 1.54) is 16.7 Å². The number of amides is 2. The van der Waals surface area contributed by atoms with Gasteiger partial charge < -0.3 is 9.32 Å². The summed E-state index contributed by atoms with van der Waals surface area (Å²) in [7, 11) is 0. The maximum Gasteiger partial charge on any atom is 0.266 e. The van der Waals surface area contributed by atoms with Crippen LogP contribution in [0.15, 0.2) is 58.1 Å². The van der Waals surface area contributed by atoms with Crippen molar-refractivity contribution < 1.29 is 14.0 Å². The molecule has 1 fully saturated rings. The summed E-state index contributed by atoms with van der Waals surface area (Å²) in [5, 5.41) is 0. The summed E-state index contributed by atoms with van der Waals surface area (Å²) in [6.45, 7) is 3.41. The Labute approximate surface area is 168 Å². The van der Waals surface area contributed by atoms with Crippen LogP contribution in [-0.4, -0.2) is 39.0 Å². The molecule has 0 atom stereocenters. The van der Waals surface area contributed by atoms with Crippen molar-refractivity contribution in [1.82, 2.24) is 9.80 Å². The van der Waals surface area contributed by atoms with Crippen molar-refractivity contribution in [2.45, 2.75) is 19.9 Å². The third-order valence-corrected chi connectivity index (χ3v) is 5.57. The van der Waals surface area contributed by atoms with Gasteiger partial charge in [0.1, 0.15) is 10.1 Å². The molecule has 1 aromatic carbocycles. The zero-order chi connectivity index (χ0) is 19.2. The van der Waals surface area contributed by atoms with Crippen molar-refractivity contribution in [1.29, 1.82) is 0 Å². The van der Waals surface area contributed by atoms with Crippen molar-refractivity contribution in [3.05, 3.63) is 65.0 Å². The Kier molecular flexibility index (Phi) is 6.47. The second kappa shape index (κ2) is 9.01. The van der Waals surface area contributed by atoms with Gasteiger partial charge in [0.05, 0.1) is 11.2 Å². The quantitative estimate of drug-likeness (QED) is 0.521. The molecule has 0 bridgehead atoms. The number of hydrogen-bond donors (Lipinski definition) is 0. The third kappa shape index (κ3) is 4.87. The molecule has 0 saturated carbocycles. The van der Waals surface area contributed by atoms with Crippen molar-refractivity contribution in [2.75, 3.05) is 13.1 Å². The normalized spacial score (nSPS) is 15.6. The first kappa shape index (κ1) is 19.4. The monoisotopic (exact) mass is 400 g/mol. The molecule has 1 aliphatic heterocycles. The molecule has 0 aliphatic carbocycles. The number of benzene rings is 1. The Morgan fingerprint density at radius 2 is 2.04 bits per heavy atom. The zero-order valence-electron chi connectivity index (χ0n) is 15.0. The number of carbonyl (C=O) groups is 2. The number of carbonyl (C=O) groups excluding carboxylic acids is 2. The summed E-state index contributed by atoms with van der Waals surface area (Å²) in [4.78, 5) is 28.9. The second-order valence-corrected chi connectivity index (χ2v) is 7.67. The number of thiocarbonyl (C=S) groups is 1. The van der Waals surface area contributed by atoms with Gasteiger partial charge in [0.2, 0.25) is 5.91 Å².